The van der Waals surface area contributed by atoms with Crippen molar-refractivity contribution in [2.75, 3.05) is 6.61 Å². The molecule has 0 aliphatic carbocycles. The van der Waals surface area contributed by atoms with Gasteiger partial charge in [0.05, 0.1) is 23.4 Å². The molecule has 0 fully saturated rings. The number of benzene rings is 1. The SMILES string of the molecule is CC(=O)c1cc([N+](=O)[O-])ccc1OCCn1ccnc1. The quantitative estimate of drug-likeness (QED) is 0.457. The molecule has 7 nitrogen and oxygen atoms in total. The Morgan fingerprint density at radius 1 is 1.50 bits per heavy atom. The maximum Gasteiger partial charge on any atom is 0.270 e. The van der Waals surface area contributed by atoms with Gasteiger partial charge in [0.25, 0.3) is 5.69 Å². The van der Waals surface area contributed by atoms with Gasteiger partial charge in [-0.1, -0.05) is 0 Å². The Morgan fingerprint density at radius 2 is 2.30 bits per heavy atom. The summed E-state index contributed by atoms with van der Waals surface area (Å²) in [6, 6.07) is 4.00. The van der Waals surface area contributed by atoms with Crippen LogP contribution in [-0.2, 0) is 6.54 Å². The first-order valence-corrected chi connectivity index (χ1v) is 5.96. The van der Waals surface area contributed by atoms with E-state index in [0.717, 1.165) is 0 Å². The van der Waals surface area contributed by atoms with Gasteiger partial charge in [0.2, 0.25) is 0 Å². The van der Waals surface area contributed by atoms with Gasteiger partial charge in [0.15, 0.2) is 5.78 Å². The van der Waals surface area contributed by atoms with Crippen molar-refractivity contribution < 1.29 is 14.5 Å². The lowest BCUT2D eigenvalue weighted by Crippen LogP contribution is -2.09. The van der Waals surface area contributed by atoms with Crippen molar-refractivity contribution in [3.63, 3.8) is 0 Å². The topological polar surface area (TPSA) is 87.3 Å². The van der Waals surface area contributed by atoms with E-state index in [1.807, 2.05) is 4.57 Å². The highest BCUT2D eigenvalue weighted by Crippen LogP contribution is 2.24. The van der Waals surface area contributed by atoms with Gasteiger partial charge < -0.3 is 9.30 Å². The molecule has 1 heterocycles. The number of carbonyl (C=O) groups is 1. The Balaban J connectivity index is 2.10. The Morgan fingerprint density at radius 3 is 2.90 bits per heavy atom. The van der Waals surface area contributed by atoms with Gasteiger partial charge in [0.1, 0.15) is 12.4 Å². The van der Waals surface area contributed by atoms with Gasteiger partial charge in [0, 0.05) is 24.5 Å². The van der Waals surface area contributed by atoms with Gasteiger partial charge >= 0.3 is 0 Å². The van der Waals surface area contributed by atoms with Crippen LogP contribution < -0.4 is 4.74 Å². The second-order valence-electron chi connectivity index (χ2n) is 4.14. The minimum atomic E-state index is -0.540. The number of imidazole rings is 1. The van der Waals surface area contributed by atoms with Crippen LogP contribution in [0.2, 0.25) is 0 Å². The highest BCUT2D eigenvalue weighted by Gasteiger charge is 2.14. The molecule has 2 aromatic rings. The van der Waals surface area contributed by atoms with E-state index in [1.165, 1.54) is 25.1 Å². The average Bonchev–Trinajstić information content (AvgIpc) is 2.91. The molecule has 20 heavy (non-hydrogen) atoms. The average molecular weight is 275 g/mol. The van der Waals surface area contributed by atoms with Crippen molar-refractivity contribution in [1.82, 2.24) is 9.55 Å². The number of rotatable bonds is 6. The molecule has 0 atom stereocenters. The van der Waals surface area contributed by atoms with E-state index in [2.05, 4.69) is 4.98 Å². The summed E-state index contributed by atoms with van der Waals surface area (Å²) in [7, 11) is 0. The summed E-state index contributed by atoms with van der Waals surface area (Å²) >= 11 is 0. The highest BCUT2D eigenvalue weighted by molar-refractivity contribution is 5.97. The fourth-order valence-corrected chi connectivity index (χ4v) is 1.71. The molecule has 0 saturated heterocycles. The number of Topliss-reactive ketones (excluding diaryl/α,β-unsaturated/α-hetero) is 1. The lowest BCUT2D eigenvalue weighted by molar-refractivity contribution is -0.384. The zero-order valence-corrected chi connectivity index (χ0v) is 10.9. The molecule has 7 heteroatoms. The third-order valence-electron chi connectivity index (χ3n) is 2.72. The summed E-state index contributed by atoms with van der Waals surface area (Å²) in [5.41, 5.74) is 0.0852. The molecule has 0 N–H and O–H groups in total. The van der Waals surface area contributed by atoms with Gasteiger partial charge in [-0.05, 0) is 13.0 Å². The molecule has 0 unspecified atom stereocenters. The van der Waals surface area contributed by atoms with Gasteiger partial charge in [-0.3, -0.25) is 14.9 Å². The Kier molecular flexibility index (Phi) is 4.09. The number of carbonyl (C=O) groups excluding carboxylic acids is 1. The summed E-state index contributed by atoms with van der Waals surface area (Å²) in [6.07, 6.45) is 5.11. The molecule has 2 rings (SSSR count). The first-order chi connectivity index (χ1) is 9.58. The number of ketones is 1. The maximum absolute atomic E-state index is 11.5. The molecule has 0 aliphatic rings. The third kappa shape index (κ3) is 3.19. The van der Waals surface area contributed by atoms with E-state index in [0.29, 0.717) is 18.9 Å². The molecule has 0 radical (unpaired) electrons. The standard InChI is InChI=1S/C13H13N3O4/c1-10(17)12-8-11(16(18)19)2-3-13(12)20-7-6-15-5-4-14-9-15/h2-5,8-9H,6-7H2,1H3. The van der Waals surface area contributed by atoms with Crippen molar-refractivity contribution in [3.8, 4) is 5.75 Å². The number of aromatic nitrogens is 2. The van der Waals surface area contributed by atoms with Crippen LogP contribution >= 0.6 is 0 Å². The summed E-state index contributed by atoms with van der Waals surface area (Å²) in [4.78, 5) is 25.6. The normalized spacial score (nSPS) is 10.2. The minimum absolute atomic E-state index is 0.128. The van der Waals surface area contributed by atoms with Crippen molar-refractivity contribution >= 4 is 11.5 Å². The Bertz CT molecular complexity index is 623. The van der Waals surface area contributed by atoms with Gasteiger partial charge in [-0.15, -0.1) is 0 Å². The van der Waals surface area contributed by atoms with E-state index in [1.54, 1.807) is 18.7 Å². The van der Waals surface area contributed by atoms with Gasteiger partial charge in [-0.2, -0.15) is 0 Å². The van der Waals surface area contributed by atoms with Crippen molar-refractivity contribution in [2.45, 2.75) is 13.5 Å². The number of hydrogen-bond acceptors (Lipinski definition) is 5. The smallest absolute Gasteiger partial charge is 0.270 e. The zero-order valence-electron chi connectivity index (χ0n) is 10.9. The molecule has 0 saturated carbocycles. The van der Waals surface area contributed by atoms with Crippen molar-refractivity contribution in [2.24, 2.45) is 0 Å². The van der Waals surface area contributed by atoms with Crippen LogP contribution in [0.15, 0.2) is 36.9 Å². The van der Waals surface area contributed by atoms with Crippen LogP contribution in [0.5, 0.6) is 5.75 Å². The van der Waals surface area contributed by atoms with E-state index in [-0.39, 0.29) is 17.0 Å². The third-order valence-corrected chi connectivity index (χ3v) is 2.72. The summed E-state index contributed by atoms with van der Waals surface area (Å²) in [6.45, 7) is 2.27. The maximum atomic E-state index is 11.5. The van der Waals surface area contributed by atoms with Gasteiger partial charge in [-0.25, -0.2) is 4.98 Å². The lowest BCUT2D eigenvalue weighted by atomic mass is 10.1. The predicted octanol–water partition coefficient (Wildman–Crippen LogP) is 2.07. The molecular weight excluding hydrogens is 262 g/mol. The summed E-state index contributed by atoms with van der Waals surface area (Å²) in [5, 5.41) is 10.7. The minimum Gasteiger partial charge on any atom is -0.491 e. The molecule has 0 amide bonds. The van der Waals surface area contributed by atoms with Crippen LogP contribution in [0, 0.1) is 10.1 Å². The van der Waals surface area contributed by atoms with E-state index < -0.39 is 4.92 Å². The number of non-ortho nitro benzene ring substituents is 1. The zero-order chi connectivity index (χ0) is 14.5. The number of nitro groups is 1. The molecular formula is C13H13N3O4. The monoisotopic (exact) mass is 275 g/mol. The van der Waals surface area contributed by atoms with E-state index in [9.17, 15) is 14.9 Å². The first-order valence-electron chi connectivity index (χ1n) is 5.96. The van der Waals surface area contributed by atoms with Crippen LogP contribution in [0.3, 0.4) is 0 Å². The number of nitro benzene ring substituents is 1. The van der Waals surface area contributed by atoms with Crippen molar-refractivity contribution in [1.29, 1.82) is 0 Å². The summed E-state index contributed by atoms with van der Waals surface area (Å²) in [5.74, 6) is 0.0783. The fourth-order valence-electron chi connectivity index (χ4n) is 1.71. The second kappa shape index (κ2) is 5.96. The number of nitrogens with zero attached hydrogens (tertiary/aromatic N) is 3. The van der Waals surface area contributed by atoms with E-state index in [4.69, 9.17) is 4.74 Å². The Labute approximate surface area is 115 Å². The highest BCUT2D eigenvalue weighted by atomic mass is 16.6. The van der Waals surface area contributed by atoms with E-state index >= 15 is 0 Å². The molecule has 0 spiro atoms. The van der Waals surface area contributed by atoms with Crippen LogP contribution in [0.1, 0.15) is 17.3 Å². The van der Waals surface area contributed by atoms with Crippen molar-refractivity contribution in [3.05, 3.63) is 52.6 Å². The first kappa shape index (κ1) is 13.7. The molecule has 1 aromatic heterocycles. The number of ether oxygens (including phenoxy) is 1. The molecule has 104 valence electrons. The molecule has 1 aromatic carbocycles. The van der Waals surface area contributed by atoms with Crippen LogP contribution in [0.4, 0.5) is 5.69 Å². The predicted molar refractivity (Wildman–Crippen MR) is 70.8 cm³/mol. The summed E-state index contributed by atoms with van der Waals surface area (Å²) < 4.78 is 7.35. The van der Waals surface area contributed by atoms with Crippen LogP contribution in [-0.4, -0.2) is 26.9 Å². The Hall–Kier alpha value is -2.70. The van der Waals surface area contributed by atoms with Crippen LogP contribution in [0.25, 0.3) is 0 Å². The second-order valence-corrected chi connectivity index (χ2v) is 4.14. The molecule has 0 aliphatic heterocycles. The largest absolute Gasteiger partial charge is 0.491 e. The fraction of sp³-hybridized carbons (Fsp3) is 0.231. The number of hydrogen-bond donors (Lipinski definition) is 0. The molecule has 0 bridgehead atoms. The lowest BCUT2D eigenvalue weighted by Gasteiger charge is -2.10.